The molecule has 0 amide bonds. The normalized spacial score (nSPS) is 58.2. The van der Waals surface area contributed by atoms with E-state index in [-0.39, 0.29) is 23.9 Å². The standard InChI is InChI=1S/C18H28O6S/c1-15(2)5-8-9(6-15)16(3)13-17(7-19,10(8)20)25-11(12(21)24-4)18(13,23)14(16)22/h8-11,13-14,19-20,22-23H,5-7H2,1-4H3/t8-,9+,10+,11+,13?,14+,16?,17+,18-/m1/s1. The minimum absolute atomic E-state index is 0.0362. The molecular weight excluding hydrogens is 344 g/mol. The van der Waals surface area contributed by atoms with Crippen molar-refractivity contribution in [1.82, 2.24) is 0 Å². The van der Waals surface area contributed by atoms with E-state index in [2.05, 4.69) is 13.8 Å². The SMILES string of the molecule is COC(=O)[C@@H]1S[C@]2(CO)C3C(C)([C@H]4CC(C)(C)C[C@H]4[C@@H]2O)[C@H](O)[C@]31O. The highest BCUT2D eigenvalue weighted by Gasteiger charge is 2.87. The van der Waals surface area contributed by atoms with Crippen LogP contribution in [0.1, 0.15) is 33.6 Å². The lowest BCUT2D eigenvalue weighted by Crippen LogP contribution is -2.83. The van der Waals surface area contributed by atoms with Gasteiger partial charge in [-0.05, 0) is 30.1 Å². The van der Waals surface area contributed by atoms with Crippen molar-refractivity contribution in [3.8, 4) is 0 Å². The molecule has 1 heterocycles. The summed E-state index contributed by atoms with van der Waals surface area (Å²) >= 11 is 1.10. The largest absolute Gasteiger partial charge is 0.468 e. The van der Waals surface area contributed by atoms with Gasteiger partial charge in [0.15, 0.2) is 0 Å². The molecule has 4 N–H and O–H groups in total. The number of hydrogen-bond acceptors (Lipinski definition) is 7. The number of methoxy groups -OCH3 is 1. The Balaban J connectivity index is 1.86. The van der Waals surface area contributed by atoms with E-state index in [0.717, 1.165) is 24.6 Å². The maximum absolute atomic E-state index is 12.3. The predicted octanol–water partition coefficient (Wildman–Crippen LogP) is 0.161. The molecule has 0 aromatic heterocycles. The summed E-state index contributed by atoms with van der Waals surface area (Å²) in [5.74, 6) is -1.18. The number of hydrogen-bond donors (Lipinski definition) is 4. The molecular formula is C18H28O6S. The van der Waals surface area contributed by atoms with Gasteiger partial charge < -0.3 is 25.2 Å². The van der Waals surface area contributed by atoms with Gasteiger partial charge in [-0.25, -0.2) is 0 Å². The number of carbonyl (C=O) groups is 1. The van der Waals surface area contributed by atoms with E-state index in [4.69, 9.17) is 4.74 Å². The molecule has 25 heavy (non-hydrogen) atoms. The summed E-state index contributed by atoms with van der Waals surface area (Å²) in [7, 11) is 1.25. The van der Waals surface area contributed by atoms with E-state index in [1.54, 1.807) is 0 Å². The van der Waals surface area contributed by atoms with Crippen LogP contribution in [0.5, 0.6) is 0 Å². The second-order valence-corrected chi connectivity index (χ2v) is 11.0. The summed E-state index contributed by atoms with van der Waals surface area (Å²) in [5.41, 5.74) is -2.27. The first kappa shape index (κ1) is 18.0. The average molecular weight is 372 g/mol. The first-order chi connectivity index (χ1) is 11.5. The fraction of sp³-hybridized carbons (Fsp3) is 0.944. The Morgan fingerprint density at radius 1 is 1.24 bits per heavy atom. The van der Waals surface area contributed by atoms with Crippen LogP contribution >= 0.6 is 11.8 Å². The molecule has 0 spiro atoms. The highest BCUT2D eigenvalue weighted by molar-refractivity contribution is 8.02. The third-order valence-electron chi connectivity index (χ3n) is 7.80. The van der Waals surface area contributed by atoms with Gasteiger partial charge in [0.1, 0.15) is 10.9 Å². The molecule has 142 valence electrons. The second kappa shape index (κ2) is 4.93. The number of esters is 1. The highest BCUT2D eigenvalue weighted by atomic mass is 32.2. The van der Waals surface area contributed by atoms with Gasteiger partial charge in [0.25, 0.3) is 0 Å². The number of thioether (sulfide) groups is 1. The Morgan fingerprint density at radius 2 is 1.88 bits per heavy atom. The zero-order valence-corrected chi connectivity index (χ0v) is 15.9. The smallest absolute Gasteiger partial charge is 0.321 e. The van der Waals surface area contributed by atoms with Gasteiger partial charge in [0.2, 0.25) is 0 Å². The molecule has 0 aromatic carbocycles. The number of aliphatic hydroxyl groups is 4. The minimum Gasteiger partial charge on any atom is -0.468 e. The summed E-state index contributed by atoms with van der Waals surface area (Å²) in [5, 5.41) is 42.9. The van der Waals surface area contributed by atoms with E-state index in [9.17, 15) is 25.2 Å². The molecule has 4 aliphatic rings. The van der Waals surface area contributed by atoms with Gasteiger partial charge in [0.05, 0.1) is 30.7 Å². The molecule has 2 unspecified atom stereocenters. The van der Waals surface area contributed by atoms with Gasteiger partial charge in [0, 0.05) is 11.3 Å². The van der Waals surface area contributed by atoms with Crippen molar-refractivity contribution < 1.29 is 30.0 Å². The Morgan fingerprint density at radius 3 is 2.44 bits per heavy atom. The van der Waals surface area contributed by atoms with Crippen molar-refractivity contribution in [1.29, 1.82) is 0 Å². The van der Waals surface area contributed by atoms with Crippen LogP contribution in [-0.2, 0) is 9.53 Å². The van der Waals surface area contributed by atoms with Crippen molar-refractivity contribution in [2.75, 3.05) is 13.7 Å². The molecule has 1 saturated heterocycles. The Hall–Kier alpha value is -0.340. The van der Waals surface area contributed by atoms with Gasteiger partial charge in [-0.2, -0.15) is 0 Å². The zero-order valence-electron chi connectivity index (χ0n) is 15.1. The molecule has 1 aliphatic heterocycles. The second-order valence-electron chi connectivity index (χ2n) is 9.51. The minimum atomic E-state index is -1.67. The topological polar surface area (TPSA) is 107 Å². The van der Waals surface area contributed by atoms with Crippen LogP contribution in [-0.4, -0.2) is 67.9 Å². The van der Waals surface area contributed by atoms with Crippen LogP contribution in [0.3, 0.4) is 0 Å². The van der Waals surface area contributed by atoms with Crippen LogP contribution in [0.2, 0.25) is 0 Å². The lowest BCUT2D eigenvalue weighted by Gasteiger charge is -2.70. The van der Waals surface area contributed by atoms with E-state index in [1.165, 1.54) is 7.11 Å². The predicted molar refractivity (Wildman–Crippen MR) is 91.8 cm³/mol. The third kappa shape index (κ3) is 1.75. The van der Waals surface area contributed by atoms with Crippen LogP contribution < -0.4 is 0 Å². The summed E-state index contributed by atoms with van der Waals surface area (Å²) in [6, 6.07) is 0. The summed E-state index contributed by atoms with van der Waals surface area (Å²) < 4.78 is 3.79. The number of fused-ring (bicyclic) bond motifs is 2. The number of ether oxygens (including phenoxy) is 1. The molecule has 3 aliphatic carbocycles. The van der Waals surface area contributed by atoms with Gasteiger partial charge in [-0.1, -0.05) is 20.8 Å². The van der Waals surface area contributed by atoms with Crippen molar-refractivity contribution in [2.24, 2.45) is 28.6 Å². The maximum atomic E-state index is 12.3. The molecule has 7 heteroatoms. The van der Waals surface area contributed by atoms with Crippen LogP contribution in [0, 0.1) is 28.6 Å². The van der Waals surface area contributed by atoms with E-state index >= 15 is 0 Å². The Kier molecular flexibility index (Phi) is 3.56. The molecule has 0 bridgehead atoms. The van der Waals surface area contributed by atoms with Crippen molar-refractivity contribution >= 4 is 17.7 Å². The number of rotatable bonds is 2. The molecule has 6 nitrogen and oxygen atoms in total. The van der Waals surface area contributed by atoms with Crippen LogP contribution in [0.25, 0.3) is 0 Å². The first-order valence-corrected chi connectivity index (χ1v) is 9.83. The maximum Gasteiger partial charge on any atom is 0.321 e. The lowest BCUT2D eigenvalue weighted by atomic mass is 9.37. The monoisotopic (exact) mass is 372 g/mol. The van der Waals surface area contributed by atoms with E-state index < -0.39 is 45.1 Å². The fourth-order valence-corrected chi connectivity index (χ4v) is 9.07. The van der Waals surface area contributed by atoms with Gasteiger partial charge >= 0.3 is 5.97 Å². The van der Waals surface area contributed by atoms with Crippen molar-refractivity contribution in [2.45, 2.75) is 61.4 Å². The highest BCUT2D eigenvalue weighted by Crippen LogP contribution is 2.79. The van der Waals surface area contributed by atoms with Gasteiger partial charge in [-0.3, -0.25) is 4.79 Å². The molecule has 4 fully saturated rings. The average Bonchev–Trinajstić information content (AvgIpc) is 3.04. The third-order valence-corrected chi connectivity index (χ3v) is 9.65. The number of carbonyl (C=O) groups excluding carboxylic acids is 1. The Bertz CT molecular complexity index is 625. The summed E-state index contributed by atoms with van der Waals surface area (Å²) in [6.45, 7) is 5.92. The molecule has 3 saturated carbocycles. The van der Waals surface area contributed by atoms with Crippen LogP contribution in [0.15, 0.2) is 0 Å². The molecule has 4 rings (SSSR count). The Labute approximate surface area is 151 Å². The van der Waals surface area contributed by atoms with Gasteiger partial charge in [-0.15, -0.1) is 11.8 Å². The fourth-order valence-electron chi connectivity index (χ4n) is 7.02. The van der Waals surface area contributed by atoms with Crippen molar-refractivity contribution in [3.63, 3.8) is 0 Å². The summed E-state index contributed by atoms with van der Waals surface area (Å²) in [4.78, 5) is 12.3. The van der Waals surface area contributed by atoms with Crippen LogP contribution in [0.4, 0.5) is 0 Å². The van der Waals surface area contributed by atoms with E-state index in [0.29, 0.717) is 0 Å². The first-order valence-electron chi connectivity index (χ1n) is 8.95. The molecule has 0 radical (unpaired) electrons. The zero-order chi connectivity index (χ0) is 18.6. The van der Waals surface area contributed by atoms with Crippen molar-refractivity contribution in [3.05, 3.63) is 0 Å². The molecule has 0 aromatic rings. The lowest BCUT2D eigenvalue weighted by molar-refractivity contribution is -0.328. The quantitative estimate of drug-likeness (QED) is 0.512. The number of aliphatic hydroxyl groups excluding tert-OH is 3. The summed E-state index contributed by atoms with van der Waals surface area (Å²) in [6.07, 6.45) is -0.258. The van der Waals surface area contributed by atoms with E-state index in [1.807, 2.05) is 6.92 Å². The molecule has 9 atom stereocenters.